The smallest absolute Gasteiger partial charge is 0.246 e. The zero-order valence-electron chi connectivity index (χ0n) is 15.6. The van der Waals surface area contributed by atoms with Crippen LogP contribution in [0.15, 0.2) is 59.5 Å². The minimum atomic E-state index is -3.63. The van der Waals surface area contributed by atoms with Crippen molar-refractivity contribution in [3.05, 3.63) is 71.3 Å². The number of carbonyl (C=O) groups is 1. The topological polar surface area (TPSA) is 81.5 Å². The van der Waals surface area contributed by atoms with Crippen LogP contribution in [0.25, 0.3) is 6.08 Å². The molecular formula is C21H21N3O3S. The van der Waals surface area contributed by atoms with E-state index in [0.29, 0.717) is 18.7 Å². The van der Waals surface area contributed by atoms with E-state index in [0.717, 1.165) is 11.1 Å². The first-order valence-electron chi connectivity index (χ1n) is 8.94. The second-order valence-corrected chi connectivity index (χ2v) is 8.55. The van der Waals surface area contributed by atoms with Crippen LogP contribution in [0.1, 0.15) is 16.7 Å². The molecule has 2 aromatic carbocycles. The highest BCUT2D eigenvalue weighted by molar-refractivity contribution is 7.89. The first kappa shape index (κ1) is 19.8. The van der Waals surface area contributed by atoms with E-state index in [4.69, 9.17) is 5.26 Å². The van der Waals surface area contributed by atoms with E-state index >= 15 is 0 Å². The van der Waals surface area contributed by atoms with Crippen molar-refractivity contribution in [1.29, 1.82) is 5.26 Å². The van der Waals surface area contributed by atoms with Crippen LogP contribution < -0.4 is 0 Å². The van der Waals surface area contributed by atoms with Gasteiger partial charge >= 0.3 is 0 Å². The lowest BCUT2D eigenvalue weighted by Crippen LogP contribution is -2.50. The molecule has 1 saturated heterocycles. The Hall–Kier alpha value is -2.95. The summed E-state index contributed by atoms with van der Waals surface area (Å²) in [6, 6.07) is 15.7. The predicted molar refractivity (Wildman–Crippen MR) is 107 cm³/mol. The molecule has 1 fully saturated rings. The molecule has 6 nitrogen and oxygen atoms in total. The minimum Gasteiger partial charge on any atom is -0.337 e. The van der Waals surface area contributed by atoms with Crippen molar-refractivity contribution in [2.24, 2.45) is 0 Å². The Morgan fingerprint density at radius 2 is 1.61 bits per heavy atom. The van der Waals surface area contributed by atoms with Crippen LogP contribution >= 0.6 is 0 Å². The molecule has 0 aliphatic carbocycles. The molecule has 0 saturated carbocycles. The highest BCUT2D eigenvalue weighted by Gasteiger charge is 2.29. The summed E-state index contributed by atoms with van der Waals surface area (Å²) < 4.78 is 26.8. The number of piperazine rings is 1. The second-order valence-electron chi connectivity index (χ2n) is 6.61. The van der Waals surface area contributed by atoms with Crippen LogP contribution in [0.3, 0.4) is 0 Å². The monoisotopic (exact) mass is 395 g/mol. The van der Waals surface area contributed by atoms with Gasteiger partial charge in [0.1, 0.15) is 0 Å². The van der Waals surface area contributed by atoms with Gasteiger partial charge in [0.15, 0.2) is 0 Å². The minimum absolute atomic E-state index is 0.129. The zero-order chi connectivity index (χ0) is 20.1. The van der Waals surface area contributed by atoms with E-state index in [1.165, 1.54) is 34.6 Å². The Balaban J connectivity index is 1.60. The van der Waals surface area contributed by atoms with Gasteiger partial charge in [0.25, 0.3) is 0 Å². The van der Waals surface area contributed by atoms with Crippen LogP contribution in [0, 0.1) is 18.3 Å². The molecule has 0 aromatic heterocycles. The molecule has 0 spiro atoms. The van der Waals surface area contributed by atoms with Crippen molar-refractivity contribution >= 4 is 22.0 Å². The first-order valence-corrected chi connectivity index (χ1v) is 10.4. The fourth-order valence-corrected chi connectivity index (χ4v) is 4.37. The molecule has 1 aliphatic rings. The number of sulfonamides is 1. The number of benzene rings is 2. The van der Waals surface area contributed by atoms with Crippen molar-refractivity contribution in [1.82, 2.24) is 9.21 Å². The number of rotatable bonds is 4. The maximum atomic E-state index is 12.7. The van der Waals surface area contributed by atoms with Gasteiger partial charge in [-0.3, -0.25) is 4.79 Å². The van der Waals surface area contributed by atoms with Crippen molar-refractivity contribution < 1.29 is 13.2 Å². The Bertz CT molecular complexity index is 1010. The van der Waals surface area contributed by atoms with E-state index in [1.807, 2.05) is 37.3 Å². The van der Waals surface area contributed by atoms with Gasteiger partial charge in [-0.1, -0.05) is 29.8 Å². The lowest BCUT2D eigenvalue weighted by molar-refractivity contribution is -0.127. The first-order chi connectivity index (χ1) is 13.4. The molecule has 1 aliphatic heterocycles. The predicted octanol–water partition coefficient (Wildman–Crippen LogP) is 2.41. The van der Waals surface area contributed by atoms with Gasteiger partial charge in [-0.15, -0.1) is 0 Å². The molecule has 3 rings (SSSR count). The summed E-state index contributed by atoms with van der Waals surface area (Å²) in [4.78, 5) is 14.2. The van der Waals surface area contributed by atoms with Gasteiger partial charge in [-0.2, -0.15) is 9.57 Å². The van der Waals surface area contributed by atoms with Crippen LogP contribution in [0.5, 0.6) is 0 Å². The third-order valence-electron chi connectivity index (χ3n) is 4.67. The van der Waals surface area contributed by atoms with Gasteiger partial charge in [0, 0.05) is 32.3 Å². The normalized spacial score (nSPS) is 15.5. The Morgan fingerprint density at radius 1 is 1.00 bits per heavy atom. The molecule has 0 bridgehead atoms. The van der Waals surface area contributed by atoms with E-state index in [-0.39, 0.29) is 23.9 Å². The Kier molecular flexibility index (Phi) is 5.93. The van der Waals surface area contributed by atoms with Gasteiger partial charge in [-0.05, 0) is 42.8 Å². The number of amides is 1. The zero-order valence-corrected chi connectivity index (χ0v) is 16.4. The third kappa shape index (κ3) is 4.47. The molecule has 1 amide bonds. The molecule has 144 valence electrons. The van der Waals surface area contributed by atoms with Gasteiger partial charge in [-0.25, -0.2) is 8.42 Å². The molecule has 28 heavy (non-hydrogen) atoms. The van der Waals surface area contributed by atoms with E-state index < -0.39 is 10.0 Å². The quantitative estimate of drug-likeness (QED) is 0.745. The van der Waals surface area contributed by atoms with Gasteiger partial charge in [0.2, 0.25) is 15.9 Å². The number of nitriles is 1. The molecule has 1 heterocycles. The fourth-order valence-electron chi connectivity index (χ4n) is 2.95. The van der Waals surface area contributed by atoms with Crippen molar-refractivity contribution in [2.75, 3.05) is 26.2 Å². The molecule has 0 unspecified atom stereocenters. The second kappa shape index (κ2) is 8.38. The summed E-state index contributed by atoms with van der Waals surface area (Å²) >= 11 is 0. The summed E-state index contributed by atoms with van der Waals surface area (Å²) in [7, 11) is -3.63. The molecule has 0 atom stereocenters. The number of carbonyl (C=O) groups excluding carboxylic acids is 1. The third-order valence-corrected chi connectivity index (χ3v) is 6.58. The molecule has 7 heteroatoms. The van der Waals surface area contributed by atoms with Crippen LogP contribution in [-0.2, 0) is 14.8 Å². The van der Waals surface area contributed by atoms with E-state index in [1.54, 1.807) is 11.0 Å². The summed E-state index contributed by atoms with van der Waals surface area (Å²) in [5, 5.41) is 8.84. The fraction of sp³-hybridized carbons (Fsp3) is 0.238. The van der Waals surface area contributed by atoms with Gasteiger partial charge < -0.3 is 4.90 Å². The molecule has 2 aromatic rings. The average molecular weight is 395 g/mol. The van der Waals surface area contributed by atoms with Crippen LogP contribution in [0.4, 0.5) is 0 Å². The lowest BCUT2D eigenvalue weighted by atomic mass is 10.1. The number of hydrogen-bond donors (Lipinski definition) is 0. The van der Waals surface area contributed by atoms with Crippen molar-refractivity contribution in [2.45, 2.75) is 11.8 Å². The maximum absolute atomic E-state index is 12.7. The SMILES string of the molecule is Cc1ccc(/C=C/C(=O)N2CCN(S(=O)(=O)c3ccc(C#N)cc3)CC2)cc1. The number of nitrogens with zero attached hydrogens (tertiary/aromatic N) is 3. The summed E-state index contributed by atoms with van der Waals surface area (Å²) in [6.45, 7) is 3.17. The largest absolute Gasteiger partial charge is 0.337 e. The maximum Gasteiger partial charge on any atom is 0.246 e. The average Bonchev–Trinajstić information content (AvgIpc) is 2.73. The van der Waals surface area contributed by atoms with Crippen molar-refractivity contribution in [3.8, 4) is 6.07 Å². The molecule has 0 radical (unpaired) electrons. The van der Waals surface area contributed by atoms with Gasteiger partial charge in [0.05, 0.1) is 16.5 Å². The van der Waals surface area contributed by atoms with E-state index in [9.17, 15) is 13.2 Å². The summed E-state index contributed by atoms with van der Waals surface area (Å²) in [5.74, 6) is -0.129. The Labute approximate surface area is 165 Å². The van der Waals surface area contributed by atoms with Crippen LogP contribution in [0.2, 0.25) is 0 Å². The number of aryl methyl sites for hydroxylation is 1. The standard InChI is InChI=1S/C21H21N3O3S/c1-17-2-4-18(5-3-17)8-11-21(25)23-12-14-24(15-13-23)28(26,27)20-9-6-19(16-22)7-10-20/h2-11H,12-15H2,1H3/b11-8+. The highest BCUT2D eigenvalue weighted by Crippen LogP contribution is 2.18. The number of hydrogen-bond acceptors (Lipinski definition) is 4. The van der Waals surface area contributed by atoms with E-state index in [2.05, 4.69) is 0 Å². The summed E-state index contributed by atoms with van der Waals surface area (Å²) in [5.41, 5.74) is 2.51. The lowest BCUT2D eigenvalue weighted by Gasteiger charge is -2.33. The van der Waals surface area contributed by atoms with Crippen molar-refractivity contribution in [3.63, 3.8) is 0 Å². The molecular weight excluding hydrogens is 374 g/mol. The van der Waals surface area contributed by atoms with Crippen LogP contribution in [-0.4, -0.2) is 49.7 Å². The molecule has 0 N–H and O–H groups in total. The Morgan fingerprint density at radius 3 is 2.18 bits per heavy atom. The summed E-state index contributed by atoms with van der Waals surface area (Å²) in [6.07, 6.45) is 3.29. The highest BCUT2D eigenvalue weighted by atomic mass is 32.2.